The summed E-state index contributed by atoms with van der Waals surface area (Å²) in [6.45, 7) is 2.91. The van der Waals surface area contributed by atoms with Gasteiger partial charge in [-0.15, -0.1) is 16.7 Å². The summed E-state index contributed by atoms with van der Waals surface area (Å²) in [5.41, 5.74) is 0. The fourth-order valence-corrected chi connectivity index (χ4v) is 4.60. The van der Waals surface area contributed by atoms with Crippen molar-refractivity contribution in [3.05, 3.63) is 23.4 Å². The van der Waals surface area contributed by atoms with Crippen LogP contribution in [0, 0.1) is 16.2 Å². The zero-order valence-electron chi connectivity index (χ0n) is 15.6. The number of nitrogens with one attached hydrogen (secondary N) is 1. The number of nitrogens with zero attached hydrogens (tertiary/aromatic N) is 7. The highest BCUT2D eigenvalue weighted by molar-refractivity contribution is 7.99. The van der Waals surface area contributed by atoms with Crippen LogP contribution >= 0.6 is 11.8 Å². The van der Waals surface area contributed by atoms with Crippen LogP contribution in [0.1, 0.15) is 12.8 Å². The standard InChI is InChI=1S/C17H24N8O2S/c18-10-15-12-28-13-24(15)8-9-25(22-27)14-2-6-23(7-3-14)11-16(26)21-17-19-4-1-5-20-17/h1,4-5,14-15H,2-3,6-9,11-13H2,(H,19,20,21,26). The number of rotatable bonds is 8. The summed E-state index contributed by atoms with van der Waals surface area (Å²) in [6, 6.07) is 3.99. The summed E-state index contributed by atoms with van der Waals surface area (Å²) in [5, 5.41) is 16.7. The first-order chi connectivity index (χ1) is 13.7. The van der Waals surface area contributed by atoms with E-state index < -0.39 is 0 Å². The molecule has 1 N–H and O–H groups in total. The summed E-state index contributed by atoms with van der Waals surface area (Å²) in [7, 11) is 0. The minimum atomic E-state index is -0.149. The molecular formula is C17H24N8O2S. The molecule has 2 aliphatic heterocycles. The smallest absolute Gasteiger partial charge is 0.240 e. The maximum atomic E-state index is 12.1. The van der Waals surface area contributed by atoms with Crippen LogP contribution in [0.4, 0.5) is 5.95 Å². The van der Waals surface area contributed by atoms with E-state index in [0.29, 0.717) is 19.0 Å². The van der Waals surface area contributed by atoms with E-state index in [2.05, 4.69) is 36.4 Å². The van der Waals surface area contributed by atoms with Crippen LogP contribution in [0.25, 0.3) is 0 Å². The van der Waals surface area contributed by atoms with Crippen LogP contribution < -0.4 is 5.32 Å². The second-order valence-electron chi connectivity index (χ2n) is 6.83. The Labute approximate surface area is 168 Å². The third-order valence-corrected chi connectivity index (χ3v) is 6.07. The molecular weight excluding hydrogens is 380 g/mol. The highest BCUT2D eigenvalue weighted by Crippen LogP contribution is 2.21. The first-order valence-electron chi connectivity index (χ1n) is 9.30. The van der Waals surface area contributed by atoms with Gasteiger partial charge in [0.1, 0.15) is 6.04 Å². The molecule has 0 radical (unpaired) electrons. The fraction of sp³-hybridized carbons (Fsp3) is 0.647. The quantitative estimate of drug-likeness (QED) is 0.495. The van der Waals surface area contributed by atoms with Crippen molar-refractivity contribution >= 4 is 23.6 Å². The molecule has 1 amide bonds. The number of aromatic nitrogens is 2. The number of carbonyl (C=O) groups excluding carboxylic acids is 1. The van der Waals surface area contributed by atoms with Gasteiger partial charge in [-0.3, -0.25) is 24.9 Å². The van der Waals surface area contributed by atoms with Crippen LogP contribution in [0.3, 0.4) is 0 Å². The molecule has 0 aliphatic carbocycles. The van der Waals surface area contributed by atoms with Gasteiger partial charge in [-0.2, -0.15) is 5.26 Å². The van der Waals surface area contributed by atoms with Crippen molar-refractivity contribution in [2.45, 2.75) is 24.9 Å². The molecule has 3 rings (SSSR count). The molecule has 3 heterocycles. The summed E-state index contributed by atoms with van der Waals surface area (Å²) >= 11 is 1.74. The number of likely N-dealkylation sites (tertiary alicyclic amines) is 1. The van der Waals surface area contributed by atoms with Crippen molar-refractivity contribution < 1.29 is 4.79 Å². The molecule has 1 aromatic heterocycles. The van der Waals surface area contributed by atoms with Crippen molar-refractivity contribution in [3.63, 3.8) is 0 Å². The van der Waals surface area contributed by atoms with Crippen molar-refractivity contribution in [2.75, 3.05) is 49.7 Å². The third kappa shape index (κ3) is 5.60. The summed E-state index contributed by atoms with van der Waals surface area (Å²) in [5.74, 6) is 1.79. The average Bonchev–Trinajstić information content (AvgIpc) is 3.18. The number of carbonyl (C=O) groups is 1. The molecule has 0 spiro atoms. The van der Waals surface area contributed by atoms with Gasteiger partial charge in [0.05, 0.1) is 30.5 Å². The molecule has 150 valence electrons. The Kier molecular flexibility index (Phi) is 7.53. The Morgan fingerprint density at radius 3 is 2.82 bits per heavy atom. The molecule has 28 heavy (non-hydrogen) atoms. The molecule has 0 bridgehead atoms. The second kappa shape index (κ2) is 10.3. The van der Waals surface area contributed by atoms with Crippen LogP contribution in [0.15, 0.2) is 23.7 Å². The van der Waals surface area contributed by atoms with E-state index in [-0.39, 0.29) is 24.5 Å². The lowest BCUT2D eigenvalue weighted by Crippen LogP contribution is -2.47. The van der Waals surface area contributed by atoms with Crippen molar-refractivity contribution in [3.8, 4) is 6.07 Å². The molecule has 10 nitrogen and oxygen atoms in total. The van der Waals surface area contributed by atoms with Gasteiger partial charge >= 0.3 is 0 Å². The van der Waals surface area contributed by atoms with Gasteiger partial charge in [0.2, 0.25) is 11.9 Å². The molecule has 0 saturated carbocycles. The topological polar surface area (TPSA) is 118 Å². The zero-order valence-corrected chi connectivity index (χ0v) is 16.4. The Bertz CT molecular complexity index is 692. The molecule has 2 aliphatic rings. The molecule has 1 atom stereocenters. The summed E-state index contributed by atoms with van der Waals surface area (Å²) in [4.78, 5) is 35.5. The monoisotopic (exact) mass is 404 g/mol. The Balaban J connectivity index is 1.40. The van der Waals surface area contributed by atoms with Crippen molar-refractivity contribution in [2.24, 2.45) is 5.29 Å². The van der Waals surface area contributed by atoms with E-state index in [9.17, 15) is 9.70 Å². The predicted octanol–water partition coefficient (Wildman–Crippen LogP) is 0.761. The summed E-state index contributed by atoms with van der Waals surface area (Å²) in [6.07, 6.45) is 4.71. The van der Waals surface area contributed by atoms with Crippen molar-refractivity contribution in [1.29, 1.82) is 5.26 Å². The van der Waals surface area contributed by atoms with Gasteiger partial charge < -0.3 is 0 Å². The Hall–Kier alpha value is -2.29. The van der Waals surface area contributed by atoms with E-state index in [1.165, 1.54) is 0 Å². The van der Waals surface area contributed by atoms with Crippen LogP contribution in [0.5, 0.6) is 0 Å². The van der Waals surface area contributed by atoms with Crippen LogP contribution in [-0.2, 0) is 4.79 Å². The SMILES string of the molecule is N#CC1CSCN1CCN(N=O)C1CCN(CC(=O)Nc2ncccn2)CC1. The fourth-order valence-electron chi connectivity index (χ4n) is 3.44. The second-order valence-corrected chi connectivity index (χ2v) is 7.83. The van der Waals surface area contributed by atoms with Gasteiger partial charge in [0, 0.05) is 43.7 Å². The number of thioether (sulfide) groups is 1. The lowest BCUT2D eigenvalue weighted by Gasteiger charge is -2.35. The number of nitroso groups, excluding NO2 is 1. The van der Waals surface area contributed by atoms with E-state index >= 15 is 0 Å². The Morgan fingerprint density at radius 1 is 1.39 bits per heavy atom. The lowest BCUT2D eigenvalue weighted by atomic mass is 10.0. The first kappa shape index (κ1) is 20.4. The van der Waals surface area contributed by atoms with Gasteiger partial charge in [-0.25, -0.2) is 9.97 Å². The number of nitriles is 1. The minimum Gasteiger partial charge on any atom is -0.294 e. The molecule has 1 unspecified atom stereocenters. The van der Waals surface area contributed by atoms with Gasteiger partial charge in [0.15, 0.2) is 0 Å². The number of piperidine rings is 1. The molecule has 1 aromatic rings. The van der Waals surface area contributed by atoms with E-state index in [0.717, 1.165) is 37.6 Å². The number of hydrogen-bond donors (Lipinski definition) is 1. The molecule has 0 aromatic carbocycles. The molecule has 11 heteroatoms. The molecule has 2 saturated heterocycles. The highest BCUT2D eigenvalue weighted by Gasteiger charge is 2.28. The van der Waals surface area contributed by atoms with Gasteiger partial charge in [0.25, 0.3) is 0 Å². The maximum Gasteiger partial charge on any atom is 0.240 e. The largest absolute Gasteiger partial charge is 0.294 e. The van der Waals surface area contributed by atoms with Gasteiger partial charge in [-0.05, 0) is 18.9 Å². The highest BCUT2D eigenvalue weighted by atomic mass is 32.2. The van der Waals surface area contributed by atoms with Crippen LogP contribution in [0.2, 0.25) is 0 Å². The first-order valence-corrected chi connectivity index (χ1v) is 10.5. The molecule has 2 fully saturated rings. The number of amides is 1. The van der Waals surface area contributed by atoms with E-state index in [4.69, 9.17) is 5.26 Å². The zero-order chi connectivity index (χ0) is 19.8. The lowest BCUT2D eigenvalue weighted by molar-refractivity contribution is -0.117. The predicted molar refractivity (Wildman–Crippen MR) is 106 cm³/mol. The van der Waals surface area contributed by atoms with Crippen molar-refractivity contribution in [1.82, 2.24) is 24.8 Å². The summed E-state index contributed by atoms with van der Waals surface area (Å²) < 4.78 is 0. The van der Waals surface area contributed by atoms with Gasteiger partial charge in [-0.1, -0.05) is 0 Å². The third-order valence-electron chi connectivity index (χ3n) is 5.01. The van der Waals surface area contributed by atoms with Crippen LogP contribution in [-0.4, -0.2) is 87.1 Å². The van der Waals surface area contributed by atoms with E-state index in [1.54, 1.807) is 35.2 Å². The number of anilines is 1. The Morgan fingerprint density at radius 2 is 2.14 bits per heavy atom. The maximum absolute atomic E-state index is 12.1. The number of hydrogen-bond acceptors (Lipinski definition) is 9. The minimum absolute atomic E-state index is 0.0741. The average molecular weight is 405 g/mol. The van der Waals surface area contributed by atoms with E-state index in [1.807, 2.05) is 0 Å². The normalized spacial score (nSPS) is 21.2.